The normalized spacial score (nSPS) is 40.7. The molecule has 4 saturated heterocycles. The van der Waals surface area contributed by atoms with E-state index in [4.69, 9.17) is 44.8 Å². The number of ether oxygens (including phenoxy) is 7. The van der Waals surface area contributed by atoms with Gasteiger partial charge in [0.25, 0.3) is 0 Å². The molecule has 5 rings (SSSR count). The second kappa shape index (κ2) is 10.5. The number of esters is 1. The molecule has 0 amide bonds. The number of carbonyl (C=O) groups excluding carboxylic acids is 2. The molecular weight excluding hydrogens is 535 g/mol. The molecule has 0 aromatic heterocycles. The van der Waals surface area contributed by atoms with Crippen molar-refractivity contribution in [1.82, 2.24) is 0 Å². The number of carbonyl (C=O) groups is 2. The number of methoxy groups -OCH3 is 2. The van der Waals surface area contributed by atoms with Crippen LogP contribution >= 0.6 is 11.6 Å². The van der Waals surface area contributed by atoms with Crippen LogP contribution in [0, 0.1) is 11.8 Å². The number of hydrogen-bond donors (Lipinski definition) is 0. The Labute approximate surface area is 208 Å². The van der Waals surface area contributed by atoms with Crippen molar-refractivity contribution < 1.29 is 42.7 Å². The van der Waals surface area contributed by atoms with Gasteiger partial charge >= 0.3 is 209 Å². The Morgan fingerprint density at radius 2 is 1.65 bits per heavy atom. The number of hydrogen-bond acceptors (Lipinski definition) is 9. The van der Waals surface area contributed by atoms with Crippen molar-refractivity contribution in [3.63, 3.8) is 0 Å². The van der Waals surface area contributed by atoms with Crippen LogP contribution < -0.4 is 4.46 Å². The van der Waals surface area contributed by atoms with Gasteiger partial charge in [-0.1, -0.05) is 0 Å². The molecule has 0 N–H and O–H groups in total. The zero-order valence-corrected chi connectivity index (χ0v) is 21.2. The number of ketones is 1. The summed E-state index contributed by atoms with van der Waals surface area (Å²) in [4.78, 5) is 26.1. The number of fused-ring (bicyclic) bond motifs is 4. The van der Waals surface area contributed by atoms with E-state index in [1.165, 1.54) is 18.7 Å². The molecule has 10 atom stereocenters. The predicted octanol–water partition coefficient (Wildman–Crippen LogP) is 0.645. The van der Waals surface area contributed by atoms with Crippen LogP contribution in [0.2, 0.25) is 4.82 Å². The molecule has 34 heavy (non-hydrogen) atoms. The van der Waals surface area contributed by atoms with Gasteiger partial charge in [0.1, 0.15) is 0 Å². The Hall–Kier alpha value is -1.07. The van der Waals surface area contributed by atoms with E-state index in [1.54, 1.807) is 0 Å². The standard InChI is InChI=1S/C23H27ClO9Se/c1-27-9-29-19-16-13(22(26)33-23(32-16)20(19)30-10-28-2)8-12-15(25)18-14(24)21(17(12)31-18)34-11-6-4-3-5-7-11/h3-7,12-14,16-21,23H,8-10H2,1-2H3/t12?,13-,14-,16+,17-,18-,19+,20-,21+,23-/m0/s1. The minimum absolute atomic E-state index is 0.00321. The molecule has 1 aromatic rings. The van der Waals surface area contributed by atoms with Crippen LogP contribution in [-0.4, -0.2) is 96.7 Å². The average Bonchev–Trinajstić information content (AvgIpc) is 3.43. The first kappa shape index (κ1) is 24.6. The molecule has 11 heteroatoms. The van der Waals surface area contributed by atoms with Crippen molar-refractivity contribution in [2.45, 2.75) is 53.4 Å². The molecule has 1 aromatic carbocycles. The van der Waals surface area contributed by atoms with E-state index in [-0.39, 0.29) is 57.0 Å². The molecule has 9 nitrogen and oxygen atoms in total. The number of alkyl halides is 1. The zero-order valence-electron chi connectivity index (χ0n) is 18.7. The summed E-state index contributed by atoms with van der Waals surface area (Å²) in [6.07, 6.45) is -3.57. The van der Waals surface area contributed by atoms with Crippen LogP contribution in [-0.2, 0) is 42.7 Å². The molecule has 4 aliphatic rings. The molecule has 4 fully saturated rings. The summed E-state index contributed by atoms with van der Waals surface area (Å²) < 4.78 is 40.4. The summed E-state index contributed by atoms with van der Waals surface area (Å²) in [5, 5.41) is -0.371. The fourth-order valence-corrected chi connectivity index (χ4v) is 8.50. The van der Waals surface area contributed by atoms with Crippen molar-refractivity contribution in [1.29, 1.82) is 0 Å². The van der Waals surface area contributed by atoms with Crippen LogP contribution in [0.1, 0.15) is 6.42 Å². The van der Waals surface area contributed by atoms with E-state index in [2.05, 4.69) is 12.1 Å². The SMILES string of the molecule is COCO[C@H]1[C@H](OCOC)[C@@H]2OC(=O)[C@@H](CC3C(=O)[C@H]4O[C@@H]3[C@H]([Se]c3ccccc3)[C@H]4Cl)[C@H]1O2. The molecule has 186 valence electrons. The van der Waals surface area contributed by atoms with E-state index in [9.17, 15) is 9.59 Å². The summed E-state index contributed by atoms with van der Waals surface area (Å²) >= 11 is 6.68. The minimum atomic E-state index is -0.904. The zero-order chi connectivity index (χ0) is 23.8. The first-order valence-electron chi connectivity index (χ1n) is 11.2. The molecule has 0 radical (unpaired) electrons. The molecule has 4 bridgehead atoms. The summed E-state index contributed by atoms with van der Waals surface area (Å²) in [6, 6.07) is 10.1. The van der Waals surface area contributed by atoms with Crippen molar-refractivity contribution in [3.05, 3.63) is 30.3 Å². The maximum absolute atomic E-state index is 13.1. The Balaban J connectivity index is 1.33. The molecule has 0 aliphatic carbocycles. The second-order valence-electron chi connectivity index (χ2n) is 8.69. The third kappa shape index (κ3) is 4.45. The van der Waals surface area contributed by atoms with Crippen molar-refractivity contribution in [2.24, 2.45) is 11.8 Å². The first-order chi connectivity index (χ1) is 16.5. The van der Waals surface area contributed by atoms with Crippen LogP contribution in [0.25, 0.3) is 0 Å². The van der Waals surface area contributed by atoms with E-state index in [0.29, 0.717) is 0 Å². The van der Waals surface area contributed by atoms with E-state index < -0.39 is 48.5 Å². The summed E-state index contributed by atoms with van der Waals surface area (Å²) in [5.74, 6) is -1.65. The first-order valence-corrected chi connectivity index (χ1v) is 13.4. The quantitative estimate of drug-likeness (QED) is 0.176. The summed E-state index contributed by atoms with van der Waals surface area (Å²) in [6.45, 7) is -0.0118. The molecular formula is C23H27ClO9Se. The average molecular weight is 562 g/mol. The van der Waals surface area contributed by atoms with E-state index in [1.807, 2.05) is 18.2 Å². The van der Waals surface area contributed by atoms with Gasteiger partial charge in [0.15, 0.2) is 0 Å². The fraction of sp³-hybridized carbons (Fsp3) is 0.652. The van der Waals surface area contributed by atoms with Crippen LogP contribution in [0.4, 0.5) is 0 Å². The third-order valence-electron chi connectivity index (χ3n) is 6.69. The van der Waals surface area contributed by atoms with Crippen LogP contribution in [0.5, 0.6) is 0 Å². The van der Waals surface area contributed by atoms with Gasteiger partial charge in [-0.05, 0) is 0 Å². The number of rotatable bonds is 10. The Kier molecular flexibility index (Phi) is 7.60. The molecule has 4 aliphatic heterocycles. The summed E-state index contributed by atoms with van der Waals surface area (Å²) in [5.41, 5.74) is 0. The van der Waals surface area contributed by atoms with Gasteiger partial charge in [0.2, 0.25) is 0 Å². The van der Waals surface area contributed by atoms with Gasteiger partial charge in [0, 0.05) is 0 Å². The number of Topliss-reactive ketones (excluding diaryl/α,β-unsaturated/α-hetero) is 1. The van der Waals surface area contributed by atoms with Crippen molar-refractivity contribution in [2.75, 3.05) is 27.8 Å². The Morgan fingerprint density at radius 1 is 0.941 bits per heavy atom. The monoisotopic (exact) mass is 562 g/mol. The summed E-state index contributed by atoms with van der Waals surface area (Å²) in [7, 11) is 3.01. The number of benzene rings is 1. The van der Waals surface area contributed by atoms with Gasteiger partial charge in [0.05, 0.1) is 0 Å². The van der Waals surface area contributed by atoms with E-state index >= 15 is 0 Å². The van der Waals surface area contributed by atoms with Crippen LogP contribution in [0.3, 0.4) is 0 Å². The molecule has 4 heterocycles. The van der Waals surface area contributed by atoms with E-state index in [0.717, 1.165) is 0 Å². The second-order valence-corrected chi connectivity index (χ2v) is 11.8. The molecule has 0 saturated carbocycles. The predicted molar refractivity (Wildman–Crippen MR) is 119 cm³/mol. The number of halogens is 1. The van der Waals surface area contributed by atoms with Gasteiger partial charge < -0.3 is 0 Å². The molecule has 1 unspecified atom stereocenters. The third-order valence-corrected chi connectivity index (χ3v) is 10.4. The topological polar surface area (TPSA) is 98.8 Å². The fourth-order valence-electron chi connectivity index (χ4n) is 5.20. The van der Waals surface area contributed by atoms with Crippen molar-refractivity contribution in [3.8, 4) is 0 Å². The van der Waals surface area contributed by atoms with Gasteiger partial charge in [-0.2, -0.15) is 0 Å². The van der Waals surface area contributed by atoms with Gasteiger partial charge in [-0.3, -0.25) is 0 Å². The van der Waals surface area contributed by atoms with Gasteiger partial charge in [-0.25, -0.2) is 0 Å². The van der Waals surface area contributed by atoms with Crippen molar-refractivity contribution >= 4 is 42.8 Å². The molecule has 0 spiro atoms. The maximum atomic E-state index is 13.1. The van der Waals surface area contributed by atoms with Crippen LogP contribution in [0.15, 0.2) is 30.3 Å². The Bertz CT molecular complexity index is 888. The van der Waals surface area contributed by atoms with Gasteiger partial charge in [-0.15, -0.1) is 0 Å². The Morgan fingerprint density at radius 3 is 2.32 bits per heavy atom.